The maximum atomic E-state index is 11.6. The Morgan fingerprint density at radius 2 is 1.51 bits per heavy atom. The molecule has 0 saturated heterocycles. The lowest BCUT2D eigenvalue weighted by molar-refractivity contribution is -0.384. The van der Waals surface area contributed by atoms with Gasteiger partial charge in [-0.25, -0.2) is 4.79 Å². The maximum absolute atomic E-state index is 11.6. The number of carbonyl (C=O) groups is 1. The van der Waals surface area contributed by atoms with Crippen molar-refractivity contribution >= 4 is 28.7 Å². The SMILES string of the molecule is C=C(COCCN(CCOCC(=O)OCC)c1ccc(/N=N/c2ccc([N+](=O)[O-])cc2)cc1OCC)OCC. The fourth-order valence-electron chi connectivity index (χ4n) is 3.35. The standard InChI is InChI=1S/C27H36N4O8/c1-5-37-21(4)19-35-16-14-30(15-17-36-20-27(32)39-7-3)25-13-10-23(18-26(25)38-6-2)29-28-22-8-11-24(12-9-22)31(33)34/h8-13,18H,4-7,14-17,19-20H2,1-3H3/b29-28+. The van der Waals surface area contributed by atoms with Gasteiger partial charge in [-0.1, -0.05) is 6.58 Å². The summed E-state index contributed by atoms with van der Waals surface area (Å²) < 4.78 is 27.3. The summed E-state index contributed by atoms with van der Waals surface area (Å²) in [6.45, 7) is 12.3. The summed E-state index contributed by atoms with van der Waals surface area (Å²) in [7, 11) is 0. The summed E-state index contributed by atoms with van der Waals surface area (Å²) >= 11 is 0. The Kier molecular flexibility index (Phi) is 14.0. The lowest BCUT2D eigenvalue weighted by atomic mass is 10.2. The molecule has 2 rings (SSSR count). The van der Waals surface area contributed by atoms with E-state index in [9.17, 15) is 14.9 Å². The molecule has 2 aromatic rings. The molecule has 0 aromatic heterocycles. The molecule has 0 heterocycles. The van der Waals surface area contributed by atoms with Crippen LogP contribution in [0.1, 0.15) is 20.8 Å². The molecule has 0 N–H and O–H groups in total. The molecule has 0 amide bonds. The van der Waals surface area contributed by atoms with E-state index in [1.165, 1.54) is 24.3 Å². The van der Waals surface area contributed by atoms with Crippen LogP contribution in [0, 0.1) is 10.1 Å². The third-order valence-corrected chi connectivity index (χ3v) is 5.07. The number of nitro benzene ring substituents is 1. The highest BCUT2D eigenvalue weighted by molar-refractivity contribution is 5.70. The van der Waals surface area contributed by atoms with Gasteiger partial charge in [0, 0.05) is 31.3 Å². The normalized spacial score (nSPS) is 10.8. The van der Waals surface area contributed by atoms with Crippen LogP contribution in [0.2, 0.25) is 0 Å². The van der Waals surface area contributed by atoms with E-state index < -0.39 is 10.9 Å². The molecule has 2 aromatic carbocycles. The Morgan fingerprint density at radius 3 is 2.13 bits per heavy atom. The van der Waals surface area contributed by atoms with Gasteiger partial charge >= 0.3 is 5.97 Å². The number of azo groups is 1. The van der Waals surface area contributed by atoms with Gasteiger partial charge in [0.25, 0.3) is 5.69 Å². The number of ether oxygens (including phenoxy) is 5. The van der Waals surface area contributed by atoms with Crippen molar-refractivity contribution in [3.05, 3.63) is 64.9 Å². The molecule has 0 aliphatic heterocycles. The third kappa shape index (κ3) is 11.5. The van der Waals surface area contributed by atoms with Crippen LogP contribution >= 0.6 is 0 Å². The van der Waals surface area contributed by atoms with Crippen molar-refractivity contribution in [2.75, 3.05) is 64.2 Å². The fourth-order valence-corrected chi connectivity index (χ4v) is 3.35. The van der Waals surface area contributed by atoms with Gasteiger partial charge in [0.05, 0.1) is 55.0 Å². The molecule has 0 fully saturated rings. The van der Waals surface area contributed by atoms with Crippen molar-refractivity contribution < 1.29 is 33.4 Å². The molecular weight excluding hydrogens is 508 g/mol. The van der Waals surface area contributed by atoms with Crippen molar-refractivity contribution in [3.63, 3.8) is 0 Å². The van der Waals surface area contributed by atoms with Gasteiger partial charge in [-0.15, -0.1) is 0 Å². The van der Waals surface area contributed by atoms with Crippen LogP contribution in [-0.2, 0) is 23.7 Å². The maximum Gasteiger partial charge on any atom is 0.332 e. The number of benzene rings is 2. The molecule has 0 atom stereocenters. The molecular formula is C27H36N4O8. The average Bonchev–Trinajstić information content (AvgIpc) is 2.92. The Hall–Kier alpha value is -4.03. The quantitative estimate of drug-likeness (QED) is 0.0572. The number of nitro groups is 1. The van der Waals surface area contributed by atoms with Crippen LogP contribution in [0.5, 0.6) is 5.75 Å². The molecule has 0 bridgehead atoms. The molecule has 0 radical (unpaired) electrons. The third-order valence-electron chi connectivity index (χ3n) is 5.07. The summed E-state index contributed by atoms with van der Waals surface area (Å²) in [4.78, 5) is 24.0. The van der Waals surface area contributed by atoms with Gasteiger partial charge < -0.3 is 28.6 Å². The van der Waals surface area contributed by atoms with Crippen LogP contribution in [0.25, 0.3) is 0 Å². The van der Waals surface area contributed by atoms with E-state index in [1.54, 1.807) is 19.1 Å². The summed E-state index contributed by atoms with van der Waals surface area (Å²) in [5, 5.41) is 19.3. The largest absolute Gasteiger partial charge is 0.496 e. The first-order chi connectivity index (χ1) is 18.9. The topological polar surface area (TPSA) is 134 Å². The minimum absolute atomic E-state index is 0.0190. The summed E-state index contributed by atoms with van der Waals surface area (Å²) in [5.41, 5.74) is 1.80. The Bertz CT molecular complexity index is 1070. The first kappa shape index (κ1) is 31.2. The van der Waals surface area contributed by atoms with Gasteiger partial charge in [-0.2, -0.15) is 10.2 Å². The van der Waals surface area contributed by atoms with Crippen molar-refractivity contribution in [1.82, 2.24) is 0 Å². The lowest BCUT2D eigenvalue weighted by Gasteiger charge is -2.27. The monoisotopic (exact) mass is 544 g/mol. The zero-order valence-corrected chi connectivity index (χ0v) is 22.7. The number of hydrogen-bond acceptors (Lipinski definition) is 11. The van der Waals surface area contributed by atoms with E-state index in [0.717, 1.165) is 5.69 Å². The Labute approximate surface area is 228 Å². The van der Waals surface area contributed by atoms with Gasteiger partial charge in [-0.3, -0.25) is 10.1 Å². The Morgan fingerprint density at radius 1 is 0.897 bits per heavy atom. The second-order valence-electron chi connectivity index (χ2n) is 7.93. The molecule has 39 heavy (non-hydrogen) atoms. The van der Waals surface area contributed by atoms with Crippen molar-refractivity contribution in [1.29, 1.82) is 0 Å². The van der Waals surface area contributed by atoms with Crippen LogP contribution in [0.3, 0.4) is 0 Å². The number of esters is 1. The van der Waals surface area contributed by atoms with Gasteiger partial charge in [0.1, 0.15) is 24.7 Å². The van der Waals surface area contributed by atoms with E-state index in [2.05, 4.69) is 16.8 Å². The van der Waals surface area contributed by atoms with Crippen molar-refractivity contribution in [2.45, 2.75) is 20.8 Å². The summed E-state index contributed by atoms with van der Waals surface area (Å²) in [6.07, 6.45) is 0. The smallest absolute Gasteiger partial charge is 0.332 e. The lowest BCUT2D eigenvalue weighted by Crippen LogP contribution is -2.32. The summed E-state index contributed by atoms with van der Waals surface area (Å²) in [6, 6.07) is 11.2. The molecule has 12 nitrogen and oxygen atoms in total. The molecule has 212 valence electrons. The summed E-state index contributed by atoms with van der Waals surface area (Å²) in [5.74, 6) is 0.723. The fraction of sp³-hybridized carbons (Fsp3) is 0.444. The van der Waals surface area contributed by atoms with E-state index in [-0.39, 0.29) is 25.5 Å². The highest BCUT2D eigenvalue weighted by Crippen LogP contribution is 2.33. The number of non-ortho nitro benzene ring substituents is 1. The van der Waals surface area contributed by atoms with Crippen LogP contribution in [-0.4, -0.2) is 70.2 Å². The predicted octanol–water partition coefficient (Wildman–Crippen LogP) is 5.36. The van der Waals surface area contributed by atoms with Crippen LogP contribution in [0.15, 0.2) is 65.0 Å². The molecule has 12 heteroatoms. The van der Waals surface area contributed by atoms with Crippen LogP contribution in [0.4, 0.5) is 22.7 Å². The van der Waals surface area contributed by atoms with E-state index in [1.807, 2.05) is 24.8 Å². The second-order valence-corrected chi connectivity index (χ2v) is 7.93. The number of anilines is 1. The molecule has 0 saturated carbocycles. The average molecular weight is 545 g/mol. The highest BCUT2D eigenvalue weighted by Gasteiger charge is 2.15. The molecule has 0 spiro atoms. The first-order valence-corrected chi connectivity index (χ1v) is 12.7. The number of rotatable bonds is 19. The minimum Gasteiger partial charge on any atom is -0.496 e. The Balaban J connectivity index is 2.15. The van der Waals surface area contributed by atoms with Crippen molar-refractivity contribution in [2.24, 2.45) is 10.2 Å². The number of carbonyl (C=O) groups excluding carboxylic acids is 1. The molecule has 0 aliphatic rings. The van der Waals surface area contributed by atoms with E-state index in [0.29, 0.717) is 62.4 Å². The van der Waals surface area contributed by atoms with Gasteiger partial charge in [0.15, 0.2) is 0 Å². The van der Waals surface area contributed by atoms with Gasteiger partial charge in [-0.05, 0) is 45.0 Å². The van der Waals surface area contributed by atoms with Gasteiger partial charge in [0.2, 0.25) is 0 Å². The number of nitrogens with zero attached hydrogens (tertiary/aromatic N) is 4. The van der Waals surface area contributed by atoms with E-state index in [4.69, 9.17) is 23.7 Å². The molecule has 0 unspecified atom stereocenters. The van der Waals surface area contributed by atoms with Crippen molar-refractivity contribution in [3.8, 4) is 5.75 Å². The zero-order valence-electron chi connectivity index (χ0n) is 22.7. The minimum atomic E-state index is -0.470. The second kappa shape index (κ2) is 17.5. The molecule has 0 aliphatic carbocycles. The first-order valence-electron chi connectivity index (χ1n) is 12.7. The zero-order chi connectivity index (χ0) is 28.5. The predicted molar refractivity (Wildman–Crippen MR) is 146 cm³/mol. The van der Waals surface area contributed by atoms with E-state index >= 15 is 0 Å². The number of hydrogen-bond donors (Lipinski definition) is 0. The van der Waals surface area contributed by atoms with Crippen LogP contribution < -0.4 is 9.64 Å². The highest BCUT2D eigenvalue weighted by atomic mass is 16.6.